The Balaban J connectivity index is 1.56. The van der Waals surface area contributed by atoms with E-state index >= 15 is 0 Å². The predicted octanol–water partition coefficient (Wildman–Crippen LogP) is 3.33. The first kappa shape index (κ1) is 18.7. The fourth-order valence-electron chi connectivity index (χ4n) is 3.98. The van der Waals surface area contributed by atoms with Crippen molar-refractivity contribution in [3.8, 4) is 0 Å². The summed E-state index contributed by atoms with van der Waals surface area (Å²) in [4.78, 5) is 26.4. The van der Waals surface area contributed by atoms with Crippen molar-refractivity contribution in [2.75, 3.05) is 6.54 Å². The second kappa shape index (κ2) is 7.29. The highest BCUT2D eigenvalue weighted by atomic mass is 16.2. The number of nitrogens with zero attached hydrogens (tertiary/aromatic N) is 1. The first-order chi connectivity index (χ1) is 12.2. The molecule has 2 unspecified atom stereocenters. The minimum atomic E-state index is -0.208. The van der Waals surface area contributed by atoms with Gasteiger partial charge in [0.1, 0.15) is 0 Å². The molecule has 3 amide bonds. The molecule has 0 radical (unpaired) electrons. The van der Waals surface area contributed by atoms with Crippen LogP contribution in [0.5, 0.6) is 0 Å². The molecule has 2 aliphatic rings. The Morgan fingerprint density at radius 1 is 1.19 bits per heavy atom. The molecule has 1 fully saturated rings. The number of rotatable bonds is 3. The van der Waals surface area contributed by atoms with Gasteiger partial charge in [-0.3, -0.25) is 4.79 Å². The van der Waals surface area contributed by atoms with Crippen LogP contribution < -0.4 is 10.6 Å². The van der Waals surface area contributed by atoms with Gasteiger partial charge in [-0.1, -0.05) is 18.2 Å². The van der Waals surface area contributed by atoms with E-state index in [4.69, 9.17) is 0 Å². The number of hydrogen-bond donors (Lipinski definition) is 2. The van der Waals surface area contributed by atoms with E-state index in [-0.39, 0.29) is 29.6 Å². The molecule has 26 heavy (non-hydrogen) atoms. The quantitative estimate of drug-likeness (QED) is 0.872. The lowest BCUT2D eigenvalue weighted by Crippen LogP contribution is -2.46. The summed E-state index contributed by atoms with van der Waals surface area (Å²) in [5.41, 5.74) is 3.80. The van der Waals surface area contributed by atoms with E-state index in [0.29, 0.717) is 13.0 Å². The lowest BCUT2D eigenvalue weighted by Gasteiger charge is -2.32. The van der Waals surface area contributed by atoms with Gasteiger partial charge in [0.15, 0.2) is 0 Å². The maximum absolute atomic E-state index is 12.4. The van der Waals surface area contributed by atoms with Crippen molar-refractivity contribution in [2.45, 2.75) is 77.4 Å². The lowest BCUT2D eigenvalue weighted by molar-refractivity contribution is -0.131. The van der Waals surface area contributed by atoms with Crippen molar-refractivity contribution in [3.63, 3.8) is 0 Å². The second-order valence-corrected chi connectivity index (χ2v) is 8.65. The summed E-state index contributed by atoms with van der Waals surface area (Å²) in [5, 5.41) is 5.98. The minimum absolute atomic E-state index is 0.0574. The van der Waals surface area contributed by atoms with Crippen molar-refractivity contribution in [2.24, 2.45) is 0 Å². The van der Waals surface area contributed by atoms with Crippen LogP contribution in [0.4, 0.5) is 4.79 Å². The number of aryl methyl sites for hydroxylation is 2. The highest BCUT2D eigenvalue weighted by Gasteiger charge is 2.36. The molecule has 0 aromatic heterocycles. The van der Waals surface area contributed by atoms with Gasteiger partial charge in [0.2, 0.25) is 5.91 Å². The Bertz CT molecular complexity index is 693. The molecule has 142 valence electrons. The van der Waals surface area contributed by atoms with Gasteiger partial charge >= 0.3 is 6.03 Å². The van der Waals surface area contributed by atoms with Crippen molar-refractivity contribution < 1.29 is 9.59 Å². The normalized spacial score (nSPS) is 21.3. The van der Waals surface area contributed by atoms with Gasteiger partial charge in [0.05, 0.1) is 12.1 Å². The summed E-state index contributed by atoms with van der Waals surface area (Å²) < 4.78 is 0. The van der Waals surface area contributed by atoms with E-state index in [9.17, 15) is 9.59 Å². The van der Waals surface area contributed by atoms with Gasteiger partial charge in [-0.05, 0) is 70.1 Å². The monoisotopic (exact) mass is 357 g/mol. The van der Waals surface area contributed by atoms with Crippen LogP contribution >= 0.6 is 0 Å². The molecule has 1 aromatic carbocycles. The van der Waals surface area contributed by atoms with Gasteiger partial charge in [-0.25, -0.2) is 4.79 Å². The Kier molecular flexibility index (Phi) is 5.26. The fraction of sp³-hybridized carbons (Fsp3) is 0.619. The topological polar surface area (TPSA) is 61.4 Å². The van der Waals surface area contributed by atoms with E-state index < -0.39 is 0 Å². The van der Waals surface area contributed by atoms with Gasteiger partial charge in [-0.15, -0.1) is 0 Å². The summed E-state index contributed by atoms with van der Waals surface area (Å²) >= 11 is 0. The molecule has 0 spiro atoms. The molecule has 1 aliphatic heterocycles. The Labute approximate surface area is 156 Å². The van der Waals surface area contributed by atoms with Crippen LogP contribution in [0.25, 0.3) is 0 Å². The third kappa shape index (κ3) is 4.19. The molecule has 1 aromatic rings. The summed E-state index contributed by atoms with van der Waals surface area (Å²) in [6.07, 6.45) is 5.19. The summed E-state index contributed by atoms with van der Waals surface area (Å²) in [6.45, 7) is 8.64. The first-order valence-corrected chi connectivity index (χ1v) is 9.73. The van der Waals surface area contributed by atoms with Crippen LogP contribution in [-0.4, -0.2) is 35.0 Å². The predicted molar refractivity (Wildman–Crippen MR) is 103 cm³/mol. The molecular weight excluding hydrogens is 326 g/mol. The fourth-order valence-corrected chi connectivity index (χ4v) is 3.98. The van der Waals surface area contributed by atoms with Crippen molar-refractivity contribution in [1.82, 2.24) is 15.5 Å². The summed E-state index contributed by atoms with van der Waals surface area (Å²) in [6, 6.07) is 6.17. The number of urea groups is 1. The van der Waals surface area contributed by atoms with Crippen molar-refractivity contribution in [3.05, 3.63) is 34.9 Å². The second-order valence-electron chi connectivity index (χ2n) is 8.65. The maximum Gasteiger partial charge on any atom is 0.315 e. The van der Waals surface area contributed by atoms with Crippen molar-refractivity contribution >= 4 is 11.9 Å². The molecule has 5 nitrogen and oxygen atoms in total. The van der Waals surface area contributed by atoms with Crippen LogP contribution in [0.1, 0.15) is 69.7 Å². The molecule has 1 aliphatic carbocycles. The molecule has 1 saturated heterocycles. The third-order valence-corrected chi connectivity index (χ3v) is 5.49. The van der Waals surface area contributed by atoms with Crippen molar-refractivity contribution in [1.29, 1.82) is 0 Å². The highest BCUT2D eigenvalue weighted by molar-refractivity contribution is 5.82. The average molecular weight is 357 g/mol. The molecular formula is C21H31N3O2. The zero-order chi connectivity index (χ0) is 18.9. The molecule has 1 heterocycles. The SMILES string of the molecule is CC(NC(=O)NC1CC(=O)N(C(C)(C)C)C1)c1ccc2c(c1)CCCC2. The zero-order valence-corrected chi connectivity index (χ0v) is 16.4. The number of nitrogens with one attached hydrogen (secondary N) is 2. The number of amides is 3. The van der Waals surface area contributed by atoms with Gasteiger partial charge in [0.25, 0.3) is 0 Å². The largest absolute Gasteiger partial charge is 0.336 e. The standard InChI is InChI=1S/C21H31N3O2/c1-14(16-10-9-15-7-5-6-8-17(15)11-16)22-20(26)23-18-12-19(25)24(13-18)21(2,3)4/h9-11,14,18H,5-8,12-13H2,1-4H3,(H2,22,23,26). The number of benzene rings is 1. The summed E-state index contributed by atoms with van der Waals surface area (Å²) in [7, 11) is 0. The molecule has 2 atom stereocenters. The van der Waals surface area contributed by atoms with Gasteiger partial charge in [-0.2, -0.15) is 0 Å². The van der Waals surface area contributed by atoms with Crippen LogP contribution in [-0.2, 0) is 17.6 Å². The number of carbonyl (C=O) groups excluding carboxylic acids is 2. The van der Waals surface area contributed by atoms with E-state index in [1.165, 1.54) is 24.0 Å². The summed E-state index contributed by atoms with van der Waals surface area (Å²) in [5.74, 6) is 0.102. The van der Waals surface area contributed by atoms with E-state index in [1.54, 1.807) is 0 Å². The van der Waals surface area contributed by atoms with Crippen LogP contribution in [0, 0.1) is 0 Å². The van der Waals surface area contributed by atoms with Gasteiger partial charge < -0.3 is 15.5 Å². The Morgan fingerprint density at radius 2 is 1.88 bits per heavy atom. The Hall–Kier alpha value is -2.04. The first-order valence-electron chi connectivity index (χ1n) is 9.73. The maximum atomic E-state index is 12.4. The van der Waals surface area contributed by atoms with Crippen LogP contribution in [0.3, 0.4) is 0 Å². The van der Waals surface area contributed by atoms with E-state index in [0.717, 1.165) is 18.4 Å². The average Bonchev–Trinajstić information content (AvgIpc) is 2.94. The third-order valence-electron chi connectivity index (χ3n) is 5.49. The molecule has 3 rings (SSSR count). The van der Waals surface area contributed by atoms with Crippen LogP contribution in [0.2, 0.25) is 0 Å². The van der Waals surface area contributed by atoms with E-state index in [1.807, 2.05) is 32.6 Å². The Morgan fingerprint density at radius 3 is 2.54 bits per heavy atom. The van der Waals surface area contributed by atoms with Crippen LogP contribution in [0.15, 0.2) is 18.2 Å². The molecule has 0 saturated carbocycles. The minimum Gasteiger partial charge on any atom is -0.336 e. The molecule has 0 bridgehead atoms. The number of carbonyl (C=O) groups is 2. The van der Waals surface area contributed by atoms with E-state index in [2.05, 4.69) is 28.8 Å². The smallest absolute Gasteiger partial charge is 0.315 e. The highest BCUT2D eigenvalue weighted by Crippen LogP contribution is 2.25. The number of fused-ring (bicyclic) bond motifs is 1. The molecule has 2 N–H and O–H groups in total. The lowest BCUT2D eigenvalue weighted by atomic mass is 9.89. The number of hydrogen-bond acceptors (Lipinski definition) is 2. The number of likely N-dealkylation sites (tertiary alicyclic amines) is 1. The van der Waals surface area contributed by atoms with Gasteiger partial charge in [0, 0.05) is 18.5 Å². The zero-order valence-electron chi connectivity index (χ0n) is 16.4. The molecule has 5 heteroatoms.